The van der Waals surface area contributed by atoms with Crippen molar-refractivity contribution in [2.45, 2.75) is 97.8 Å². The largest absolute Gasteiger partial charge is 0.412 e. The van der Waals surface area contributed by atoms with Crippen LogP contribution in [-0.4, -0.2) is 5.48 Å². The number of hydrogen-bond donors (Lipinski definition) is 0. The zero-order valence-electron chi connectivity index (χ0n) is 14.6. The molecule has 0 aromatic rings. The first-order valence-corrected chi connectivity index (χ1v) is 8.12. The molecule has 1 nitrogen and oxygen atoms in total. The van der Waals surface area contributed by atoms with Crippen LogP contribution < -0.4 is 0 Å². The normalized spacial score (nSPS) is 8.10. The van der Waals surface area contributed by atoms with Crippen molar-refractivity contribution in [1.82, 2.24) is 0 Å². The average Bonchev–Trinajstić information content (AvgIpc) is 2.42. The first-order chi connectivity index (χ1) is 8.74. The van der Waals surface area contributed by atoms with Gasteiger partial charge in [-0.2, -0.15) is 19.3 Å². The van der Waals surface area contributed by atoms with Gasteiger partial charge in [-0.1, -0.05) is 78.6 Å². The molecule has 2 N–H and O–H groups in total. The van der Waals surface area contributed by atoms with Crippen molar-refractivity contribution in [3.05, 3.63) is 20.8 Å². The summed E-state index contributed by atoms with van der Waals surface area (Å²) in [7, 11) is 0. The fourth-order valence-electron chi connectivity index (χ4n) is 1.28. The fraction of sp³-hybridized carbons (Fsp3) is 0.833. The van der Waals surface area contributed by atoms with E-state index in [4.69, 9.17) is 0 Å². The molecule has 0 unspecified atom stereocenters. The predicted octanol–water partition coefficient (Wildman–Crippen LogP) is 6.38. The van der Waals surface area contributed by atoms with Gasteiger partial charge in [0.05, 0.1) is 0 Å². The Morgan fingerprint density at radius 1 is 0.500 bits per heavy atom. The molecule has 0 aliphatic carbocycles. The van der Waals surface area contributed by atoms with Crippen molar-refractivity contribution in [2.75, 3.05) is 0 Å². The topological polar surface area (TPSA) is 31.5 Å². The summed E-state index contributed by atoms with van der Waals surface area (Å²) in [4.78, 5) is 0. The van der Waals surface area contributed by atoms with Gasteiger partial charge in [0.2, 0.25) is 0 Å². The summed E-state index contributed by atoms with van der Waals surface area (Å²) in [6.45, 7) is 17.8. The molecule has 0 saturated carbocycles. The van der Waals surface area contributed by atoms with Crippen LogP contribution in [0.1, 0.15) is 97.8 Å². The van der Waals surface area contributed by atoms with E-state index >= 15 is 0 Å². The molecule has 126 valence electrons. The Hall–Kier alpha value is 0.830. The molecule has 2 heteroatoms. The van der Waals surface area contributed by atoms with Crippen molar-refractivity contribution in [3.63, 3.8) is 0 Å². The van der Waals surface area contributed by atoms with Gasteiger partial charge in [-0.25, -0.2) is 0 Å². The van der Waals surface area contributed by atoms with Crippen LogP contribution in [0.4, 0.5) is 0 Å². The molecule has 0 amide bonds. The molecule has 0 saturated heterocycles. The van der Waals surface area contributed by atoms with Gasteiger partial charge in [-0.3, -0.25) is 0 Å². The third kappa shape index (κ3) is 62.0. The van der Waals surface area contributed by atoms with Gasteiger partial charge in [0, 0.05) is 25.8 Å². The van der Waals surface area contributed by atoms with E-state index in [1.54, 1.807) is 0 Å². The standard InChI is InChI=1S/3C6H13.Hf.H2O/c3*1-3-5-6-4-2;;/h3*1,3-6H2,2H3;;1H2/q3*-1;;. The summed E-state index contributed by atoms with van der Waals surface area (Å²) < 4.78 is 0. The molecule has 20 heavy (non-hydrogen) atoms. The van der Waals surface area contributed by atoms with Crippen LogP contribution in [0.3, 0.4) is 0 Å². The zero-order valence-corrected chi connectivity index (χ0v) is 18.2. The molecule has 0 atom stereocenters. The second kappa shape index (κ2) is 42.7. The van der Waals surface area contributed by atoms with E-state index in [1.165, 1.54) is 57.8 Å². The smallest absolute Gasteiger partial charge is 0 e. The van der Waals surface area contributed by atoms with Gasteiger partial charge >= 0.3 is 0 Å². The number of rotatable bonds is 9. The minimum Gasteiger partial charge on any atom is -0.412 e. The van der Waals surface area contributed by atoms with E-state index in [-0.39, 0.29) is 31.3 Å². The fourth-order valence-corrected chi connectivity index (χ4v) is 1.28. The van der Waals surface area contributed by atoms with E-state index in [0.717, 1.165) is 19.3 Å². The minimum absolute atomic E-state index is 0. The molecule has 0 aromatic carbocycles. The molecule has 0 fully saturated rings. The average molecular weight is 452 g/mol. The molecule has 0 aromatic heterocycles. The monoisotopic (exact) mass is 453 g/mol. The number of unbranched alkanes of at least 4 members (excludes halogenated alkanes) is 9. The van der Waals surface area contributed by atoms with Crippen molar-refractivity contribution in [1.29, 1.82) is 0 Å². The Kier molecular flexibility index (Phi) is 69.8. The Bertz CT molecular complexity index is 66.4. The Balaban J connectivity index is -0.0000000536. The summed E-state index contributed by atoms with van der Waals surface area (Å²) >= 11 is 0. The van der Waals surface area contributed by atoms with Gasteiger partial charge in [0.25, 0.3) is 0 Å². The first kappa shape index (κ1) is 32.7. The van der Waals surface area contributed by atoms with Gasteiger partial charge in [-0.05, 0) is 0 Å². The van der Waals surface area contributed by atoms with Gasteiger partial charge < -0.3 is 26.2 Å². The maximum atomic E-state index is 3.72. The summed E-state index contributed by atoms with van der Waals surface area (Å²) in [6.07, 6.45) is 15.2. The Labute approximate surface area is 149 Å². The van der Waals surface area contributed by atoms with Gasteiger partial charge in [0.15, 0.2) is 0 Å². The summed E-state index contributed by atoms with van der Waals surface area (Å²) in [5.74, 6) is 0. The molecule has 0 heterocycles. The van der Waals surface area contributed by atoms with E-state index in [9.17, 15) is 0 Å². The van der Waals surface area contributed by atoms with Crippen LogP contribution in [0.2, 0.25) is 0 Å². The summed E-state index contributed by atoms with van der Waals surface area (Å²) in [6, 6.07) is 0. The second-order valence-electron chi connectivity index (χ2n) is 4.68. The molecule has 0 spiro atoms. The van der Waals surface area contributed by atoms with Crippen LogP contribution in [0.5, 0.6) is 0 Å². The number of hydrogen-bond acceptors (Lipinski definition) is 0. The van der Waals surface area contributed by atoms with Crippen molar-refractivity contribution in [2.24, 2.45) is 0 Å². The van der Waals surface area contributed by atoms with Crippen LogP contribution in [0.15, 0.2) is 0 Å². The maximum Gasteiger partial charge on any atom is 0 e. The van der Waals surface area contributed by atoms with Crippen molar-refractivity contribution < 1.29 is 31.3 Å². The summed E-state index contributed by atoms with van der Waals surface area (Å²) in [5.41, 5.74) is 0. The molecule has 0 aliphatic rings. The predicted molar refractivity (Wildman–Crippen MR) is 92.1 cm³/mol. The van der Waals surface area contributed by atoms with E-state index in [2.05, 4.69) is 41.5 Å². The Morgan fingerprint density at radius 2 is 0.700 bits per heavy atom. The first-order valence-electron chi connectivity index (χ1n) is 8.12. The van der Waals surface area contributed by atoms with Gasteiger partial charge in [-0.15, -0.1) is 0 Å². The molecular weight excluding hydrogens is 411 g/mol. The van der Waals surface area contributed by atoms with E-state index < -0.39 is 0 Å². The second-order valence-corrected chi connectivity index (χ2v) is 4.68. The molecule has 0 bridgehead atoms. The van der Waals surface area contributed by atoms with Crippen molar-refractivity contribution >= 4 is 0 Å². The molecule has 0 rings (SSSR count). The SMILES string of the molecule is O.[CH2-]CCCCC.[CH2-]CCCCC.[CH2-]CCCCC.[Hf]. The Morgan fingerprint density at radius 3 is 0.750 bits per heavy atom. The van der Waals surface area contributed by atoms with Crippen LogP contribution in [0.25, 0.3) is 0 Å². The van der Waals surface area contributed by atoms with Gasteiger partial charge in [0.1, 0.15) is 0 Å². The molecule has 0 radical (unpaired) electrons. The van der Waals surface area contributed by atoms with E-state index in [1.807, 2.05) is 0 Å². The van der Waals surface area contributed by atoms with E-state index in [0.29, 0.717) is 0 Å². The van der Waals surface area contributed by atoms with Crippen LogP contribution >= 0.6 is 0 Å². The third-order valence-electron chi connectivity index (χ3n) is 2.56. The zero-order chi connectivity index (χ0) is 14.5. The van der Waals surface area contributed by atoms with Crippen LogP contribution in [-0.2, 0) is 25.8 Å². The third-order valence-corrected chi connectivity index (χ3v) is 2.56. The minimum atomic E-state index is 0. The summed E-state index contributed by atoms with van der Waals surface area (Å²) in [5, 5.41) is 0. The maximum absolute atomic E-state index is 3.72. The molecule has 0 aliphatic heterocycles. The molecular formula is C18H41HfO-3. The van der Waals surface area contributed by atoms with Crippen molar-refractivity contribution in [3.8, 4) is 0 Å². The van der Waals surface area contributed by atoms with Crippen LogP contribution in [0, 0.1) is 20.8 Å². The quantitative estimate of drug-likeness (QED) is 0.221.